The number of hydrogen-bond donors (Lipinski definition) is 0. The van der Waals surface area contributed by atoms with Crippen LogP contribution < -0.4 is 0 Å². The van der Waals surface area contributed by atoms with E-state index >= 15 is 0 Å². The molecule has 0 aromatic rings. The summed E-state index contributed by atoms with van der Waals surface area (Å²) in [7, 11) is 0. The van der Waals surface area contributed by atoms with E-state index in [2.05, 4.69) is 13.2 Å². The molecule has 158 valence electrons. The molecule has 0 aromatic carbocycles. The van der Waals surface area contributed by atoms with E-state index in [0.717, 1.165) is 30.6 Å². The van der Waals surface area contributed by atoms with Gasteiger partial charge in [-0.15, -0.1) is 0 Å². The number of fused-ring (bicyclic) bond motifs is 12. The van der Waals surface area contributed by atoms with Gasteiger partial charge in [-0.05, 0) is 87.9 Å². The van der Waals surface area contributed by atoms with Crippen molar-refractivity contribution < 1.29 is 19.1 Å². The van der Waals surface area contributed by atoms with Crippen molar-refractivity contribution in [1.29, 1.82) is 0 Å². The fraction of sp³-hybridized carbons (Fsp3) is 0.760. The van der Waals surface area contributed by atoms with E-state index < -0.39 is 0 Å². The van der Waals surface area contributed by atoms with Crippen molar-refractivity contribution in [2.75, 3.05) is 13.2 Å². The Bertz CT molecular complexity index is 784. The van der Waals surface area contributed by atoms with Gasteiger partial charge in [-0.1, -0.05) is 19.6 Å². The number of carbonyl (C=O) groups is 2. The lowest BCUT2D eigenvalue weighted by Gasteiger charge is -2.55. The van der Waals surface area contributed by atoms with E-state index in [0.29, 0.717) is 42.1 Å². The van der Waals surface area contributed by atoms with E-state index in [9.17, 15) is 9.59 Å². The Balaban J connectivity index is 1.50. The highest BCUT2D eigenvalue weighted by molar-refractivity contribution is 5.87. The van der Waals surface area contributed by atoms with Crippen LogP contribution in [0.25, 0.3) is 0 Å². The second kappa shape index (κ2) is 6.46. The number of hydrogen-bond acceptors (Lipinski definition) is 4. The molecular weight excluding hydrogens is 364 g/mol. The molecule has 0 N–H and O–H groups in total. The van der Waals surface area contributed by atoms with Crippen molar-refractivity contribution in [3.05, 3.63) is 24.3 Å². The van der Waals surface area contributed by atoms with Crippen LogP contribution in [0.5, 0.6) is 0 Å². The molecule has 0 heterocycles. The SMILES string of the molecule is C=C(C)C(=O)OCC12CCC(C1)C1C3CC(C4CCCC43)C12COC(=O)C(=C)C. The van der Waals surface area contributed by atoms with Gasteiger partial charge in [0.25, 0.3) is 0 Å². The average Bonchev–Trinajstić information content (AvgIpc) is 3.46. The predicted octanol–water partition coefficient (Wildman–Crippen LogP) is 4.69. The molecule has 4 bridgehead atoms. The van der Waals surface area contributed by atoms with Crippen LogP contribution in [0.3, 0.4) is 0 Å². The smallest absolute Gasteiger partial charge is 0.333 e. The summed E-state index contributed by atoms with van der Waals surface area (Å²) in [6.45, 7) is 11.9. The second-order valence-corrected chi connectivity index (χ2v) is 10.8. The van der Waals surface area contributed by atoms with E-state index in [1.54, 1.807) is 13.8 Å². The Kier molecular flexibility index (Phi) is 4.32. The maximum atomic E-state index is 12.4. The molecule has 8 atom stereocenters. The first-order valence-corrected chi connectivity index (χ1v) is 11.5. The Hall–Kier alpha value is -1.58. The molecule has 5 aliphatic rings. The fourth-order valence-electron chi connectivity index (χ4n) is 9.00. The van der Waals surface area contributed by atoms with E-state index in [1.807, 2.05) is 0 Å². The highest BCUT2D eigenvalue weighted by atomic mass is 16.5. The normalized spacial score (nSPS) is 45.7. The topological polar surface area (TPSA) is 52.6 Å². The lowest BCUT2D eigenvalue weighted by molar-refractivity contribution is -0.173. The zero-order chi connectivity index (χ0) is 20.6. The van der Waals surface area contributed by atoms with Crippen LogP contribution >= 0.6 is 0 Å². The predicted molar refractivity (Wildman–Crippen MR) is 110 cm³/mol. The molecule has 0 radical (unpaired) electrons. The van der Waals surface area contributed by atoms with E-state index in [4.69, 9.17) is 9.47 Å². The summed E-state index contributed by atoms with van der Waals surface area (Å²) in [5.74, 6) is 3.79. The first-order valence-electron chi connectivity index (χ1n) is 11.5. The van der Waals surface area contributed by atoms with Crippen molar-refractivity contribution >= 4 is 11.9 Å². The van der Waals surface area contributed by atoms with E-state index in [1.165, 1.54) is 32.1 Å². The zero-order valence-corrected chi connectivity index (χ0v) is 17.9. The molecule has 5 saturated carbocycles. The van der Waals surface area contributed by atoms with Gasteiger partial charge >= 0.3 is 11.9 Å². The van der Waals surface area contributed by atoms with Crippen LogP contribution in [0.15, 0.2) is 24.3 Å². The first kappa shape index (κ1) is 19.4. The van der Waals surface area contributed by atoms with Crippen molar-refractivity contribution in [1.82, 2.24) is 0 Å². The third-order valence-electron chi connectivity index (χ3n) is 9.70. The Labute approximate surface area is 174 Å². The average molecular weight is 399 g/mol. The highest BCUT2D eigenvalue weighted by Crippen LogP contribution is 2.82. The van der Waals surface area contributed by atoms with Gasteiger partial charge in [0.1, 0.15) is 0 Å². The third kappa shape index (κ3) is 2.44. The summed E-state index contributed by atoms with van der Waals surface area (Å²) >= 11 is 0. The first-order chi connectivity index (χ1) is 13.8. The van der Waals surface area contributed by atoms with Crippen LogP contribution in [0, 0.1) is 46.3 Å². The maximum Gasteiger partial charge on any atom is 0.333 e. The van der Waals surface area contributed by atoms with Gasteiger partial charge in [0.15, 0.2) is 0 Å². The second-order valence-electron chi connectivity index (χ2n) is 10.8. The lowest BCUT2D eigenvalue weighted by atomic mass is 9.50. The standard InChI is InChI=1S/C25H34O4/c1-14(2)22(26)28-12-24-9-8-16(11-24)21-19-10-20(18-7-5-6-17(18)19)25(21,24)13-29-23(27)15(3)4/h16-21H,1,3,5-13H2,2,4H3. The number of carbonyl (C=O) groups excluding carboxylic acids is 2. The molecule has 5 aliphatic carbocycles. The van der Waals surface area contributed by atoms with Crippen LogP contribution in [0.4, 0.5) is 0 Å². The van der Waals surface area contributed by atoms with Crippen LogP contribution in [0.2, 0.25) is 0 Å². The minimum Gasteiger partial charge on any atom is -0.462 e. The molecule has 5 fully saturated rings. The van der Waals surface area contributed by atoms with Gasteiger partial charge in [0.2, 0.25) is 0 Å². The Morgan fingerprint density at radius 2 is 1.59 bits per heavy atom. The summed E-state index contributed by atoms with van der Waals surface area (Å²) in [4.78, 5) is 24.6. The quantitative estimate of drug-likeness (QED) is 0.370. The molecule has 0 amide bonds. The highest BCUT2D eigenvalue weighted by Gasteiger charge is 2.79. The number of ether oxygens (including phenoxy) is 2. The van der Waals surface area contributed by atoms with Crippen molar-refractivity contribution in [3.63, 3.8) is 0 Å². The van der Waals surface area contributed by atoms with Gasteiger partial charge in [-0.25, -0.2) is 9.59 Å². The van der Waals surface area contributed by atoms with Crippen molar-refractivity contribution in [3.8, 4) is 0 Å². The van der Waals surface area contributed by atoms with Gasteiger partial charge in [0.05, 0.1) is 13.2 Å². The minimum absolute atomic E-state index is 0.0213. The molecule has 4 nitrogen and oxygen atoms in total. The largest absolute Gasteiger partial charge is 0.462 e. The van der Waals surface area contributed by atoms with E-state index in [-0.39, 0.29) is 22.8 Å². The summed E-state index contributed by atoms with van der Waals surface area (Å²) in [5, 5.41) is 0. The summed E-state index contributed by atoms with van der Waals surface area (Å²) in [6.07, 6.45) is 8.78. The van der Waals surface area contributed by atoms with Crippen LogP contribution in [0.1, 0.15) is 58.8 Å². The van der Waals surface area contributed by atoms with Crippen molar-refractivity contribution in [2.45, 2.75) is 58.8 Å². The number of esters is 2. The summed E-state index contributed by atoms with van der Waals surface area (Å²) in [5.41, 5.74) is 0.852. The molecular formula is C25H34O4. The molecule has 29 heavy (non-hydrogen) atoms. The lowest BCUT2D eigenvalue weighted by Crippen LogP contribution is -2.56. The summed E-state index contributed by atoms with van der Waals surface area (Å²) in [6, 6.07) is 0. The molecule has 0 aliphatic heterocycles. The molecule has 8 unspecified atom stereocenters. The third-order valence-corrected chi connectivity index (χ3v) is 9.70. The van der Waals surface area contributed by atoms with Gasteiger partial charge in [-0.3, -0.25) is 0 Å². The summed E-state index contributed by atoms with van der Waals surface area (Å²) < 4.78 is 11.7. The molecule has 0 saturated heterocycles. The van der Waals surface area contributed by atoms with Gasteiger partial charge in [-0.2, -0.15) is 0 Å². The van der Waals surface area contributed by atoms with Gasteiger partial charge in [0, 0.05) is 22.0 Å². The van der Waals surface area contributed by atoms with Gasteiger partial charge < -0.3 is 9.47 Å². The maximum absolute atomic E-state index is 12.4. The monoisotopic (exact) mass is 398 g/mol. The minimum atomic E-state index is -0.290. The molecule has 0 spiro atoms. The number of rotatable bonds is 6. The molecule has 0 aromatic heterocycles. The fourth-order valence-corrected chi connectivity index (χ4v) is 9.00. The zero-order valence-electron chi connectivity index (χ0n) is 17.9. The Morgan fingerprint density at radius 1 is 0.931 bits per heavy atom. The van der Waals surface area contributed by atoms with Crippen molar-refractivity contribution in [2.24, 2.45) is 46.3 Å². The molecule has 4 heteroatoms. The van der Waals surface area contributed by atoms with Crippen LogP contribution in [-0.4, -0.2) is 25.2 Å². The Morgan fingerprint density at radius 3 is 2.28 bits per heavy atom. The molecule has 5 rings (SSSR count). The van der Waals surface area contributed by atoms with Crippen LogP contribution in [-0.2, 0) is 19.1 Å².